The maximum atomic E-state index is 13.8. The molecule has 0 bridgehead atoms. The summed E-state index contributed by atoms with van der Waals surface area (Å²) < 4.78 is 27.4. The quantitative estimate of drug-likeness (QED) is 0.330. The van der Waals surface area contributed by atoms with E-state index in [1.807, 2.05) is 0 Å². The molecule has 3 aromatic rings. The molecule has 10 heteroatoms. The molecule has 10 nitrogen and oxygen atoms in total. The van der Waals surface area contributed by atoms with Crippen LogP contribution in [-0.2, 0) is 4.79 Å². The van der Waals surface area contributed by atoms with Gasteiger partial charge < -0.3 is 23.7 Å². The number of methoxy groups -OCH3 is 5. The number of imide groups is 1. The topological polar surface area (TPSA) is 104 Å². The first kappa shape index (κ1) is 24.9. The molecule has 0 radical (unpaired) electrons. The van der Waals surface area contributed by atoms with Gasteiger partial charge in [-0.05, 0) is 42.0 Å². The zero-order valence-corrected chi connectivity index (χ0v) is 21.5. The summed E-state index contributed by atoms with van der Waals surface area (Å²) in [5, 5.41) is 0. The Morgan fingerprint density at radius 3 is 1.68 bits per heavy atom. The van der Waals surface area contributed by atoms with Gasteiger partial charge in [0.2, 0.25) is 5.75 Å². The number of carbonyl (C=O) groups is 3. The predicted molar refractivity (Wildman–Crippen MR) is 137 cm³/mol. The molecule has 2 aliphatic rings. The van der Waals surface area contributed by atoms with Gasteiger partial charge in [0.05, 0.1) is 58.4 Å². The number of carbonyl (C=O) groups excluding carboxylic acids is 3. The summed E-state index contributed by atoms with van der Waals surface area (Å²) in [5.41, 5.74) is 1.53. The van der Waals surface area contributed by atoms with Crippen molar-refractivity contribution in [3.63, 3.8) is 0 Å². The molecule has 2 aliphatic heterocycles. The molecular weight excluding hydrogens is 492 g/mol. The van der Waals surface area contributed by atoms with Crippen LogP contribution in [-0.4, -0.2) is 64.2 Å². The average Bonchev–Trinajstić information content (AvgIpc) is 3.20. The minimum absolute atomic E-state index is 0.259. The van der Waals surface area contributed by atoms with Crippen molar-refractivity contribution < 1.29 is 38.1 Å². The predicted octanol–water partition coefficient (Wildman–Crippen LogP) is 3.48. The molecule has 3 amide bonds. The Morgan fingerprint density at radius 1 is 0.605 bits per heavy atom. The van der Waals surface area contributed by atoms with E-state index in [-0.39, 0.29) is 11.1 Å². The second kappa shape index (κ2) is 9.62. The van der Waals surface area contributed by atoms with Gasteiger partial charge in [-0.2, -0.15) is 0 Å². The normalized spacial score (nSPS) is 18.2. The van der Waals surface area contributed by atoms with E-state index in [9.17, 15) is 14.4 Å². The number of hydrogen-bond donors (Lipinski definition) is 0. The fraction of sp³-hybridized carbons (Fsp3) is 0.250. The highest BCUT2D eigenvalue weighted by Gasteiger charge is 2.58. The Labute approximate surface area is 219 Å². The van der Waals surface area contributed by atoms with Crippen LogP contribution >= 0.6 is 0 Å². The molecule has 0 spiro atoms. The molecule has 0 unspecified atom stereocenters. The number of hydrogen-bond acceptors (Lipinski definition) is 8. The van der Waals surface area contributed by atoms with Gasteiger partial charge in [0.15, 0.2) is 11.5 Å². The average molecular weight is 519 g/mol. The minimum atomic E-state index is -1.11. The highest BCUT2D eigenvalue weighted by molar-refractivity contribution is 6.24. The smallest absolute Gasteiger partial charge is 0.262 e. The monoisotopic (exact) mass is 518 g/mol. The van der Waals surface area contributed by atoms with Crippen molar-refractivity contribution in [2.24, 2.45) is 0 Å². The Kier molecular flexibility index (Phi) is 6.31. The lowest BCUT2D eigenvalue weighted by Crippen LogP contribution is -2.67. The van der Waals surface area contributed by atoms with Crippen LogP contribution in [0.25, 0.3) is 0 Å². The van der Waals surface area contributed by atoms with Crippen LogP contribution in [0.15, 0.2) is 54.6 Å². The van der Waals surface area contributed by atoms with Crippen molar-refractivity contribution in [2.75, 3.05) is 40.4 Å². The largest absolute Gasteiger partial charge is 0.497 e. The van der Waals surface area contributed by atoms with Gasteiger partial charge in [-0.1, -0.05) is 12.1 Å². The molecule has 1 saturated heterocycles. The van der Waals surface area contributed by atoms with E-state index in [0.29, 0.717) is 40.0 Å². The van der Waals surface area contributed by atoms with Gasteiger partial charge in [-0.15, -0.1) is 0 Å². The minimum Gasteiger partial charge on any atom is -0.497 e. The molecule has 2 heterocycles. The van der Waals surface area contributed by atoms with Crippen molar-refractivity contribution in [3.8, 4) is 28.7 Å². The Bertz CT molecular complexity index is 1390. The molecule has 1 fully saturated rings. The van der Waals surface area contributed by atoms with Crippen LogP contribution in [0.4, 0.5) is 5.69 Å². The second-order valence-corrected chi connectivity index (χ2v) is 8.62. The SMILES string of the molecule is COc1ccc(N2C(=O)[C@@H](N3C(=O)c4ccccc4C3=O)[C@H]2c2cc(OC)c(OC)c(OC)c2)c(OC)c1. The second-order valence-electron chi connectivity index (χ2n) is 8.62. The molecule has 5 rings (SSSR count). The fourth-order valence-electron chi connectivity index (χ4n) is 5.04. The molecule has 0 aromatic heterocycles. The Balaban J connectivity index is 1.67. The zero-order chi connectivity index (χ0) is 27.1. The number of amides is 3. The van der Waals surface area contributed by atoms with Gasteiger partial charge >= 0.3 is 0 Å². The number of rotatable bonds is 8. The molecule has 196 valence electrons. The van der Waals surface area contributed by atoms with Crippen molar-refractivity contribution in [3.05, 3.63) is 71.3 Å². The van der Waals surface area contributed by atoms with E-state index in [1.165, 1.54) is 40.4 Å². The Hall–Kier alpha value is -4.73. The first-order valence-electron chi connectivity index (χ1n) is 11.7. The van der Waals surface area contributed by atoms with Gasteiger partial charge in [0.25, 0.3) is 17.7 Å². The first-order valence-corrected chi connectivity index (χ1v) is 11.7. The molecular formula is C28H26N2O8. The first-order chi connectivity index (χ1) is 18.4. The third-order valence-corrected chi connectivity index (χ3v) is 6.85. The molecule has 0 N–H and O–H groups in total. The van der Waals surface area contributed by atoms with E-state index < -0.39 is 29.8 Å². The van der Waals surface area contributed by atoms with Crippen LogP contribution in [0.2, 0.25) is 0 Å². The highest BCUT2D eigenvalue weighted by Crippen LogP contribution is 2.50. The van der Waals surface area contributed by atoms with Crippen LogP contribution in [0.1, 0.15) is 32.3 Å². The van der Waals surface area contributed by atoms with E-state index in [0.717, 1.165) is 4.90 Å². The van der Waals surface area contributed by atoms with E-state index in [4.69, 9.17) is 23.7 Å². The fourth-order valence-corrected chi connectivity index (χ4v) is 5.04. The van der Waals surface area contributed by atoms with Gasteiger partial charge in [-0.25, -0.2) is 0 Å². The lowest BCUT2D eigenvalue weighted by atomic mass is 9.85. The summed E-state index contributed by atoms with van der Waals surface area (Å²) in [6.07, 6.45) is 0. The van der Waals surface area contributed by atoms with Crippen LogP contribution in [0.3, 0.4) is 0 Å². The summed E-state index contributed by atoms with van der Waals surface area (Å²) in [6.45, 7) is 0. The van der Waals surface area contributed by atoms with Crippen molar-refractivity contribution in [1.82, 2.24) is 4.90 Å². The van der Waals surface area contributed by atoms with E-state index in [2.05, 4.69) is 0 Å². The number of benzene rings is 3. The number of nitrogens with zero attached hydrogens (tertiary/aromatic N) is 2. The standard InChI is InChI=1S/C28H26N2O8/c1-34-16-10-11-19(20(14-16)35-2)29-23(15-12-21(36-3)25(38-5)22(13-15)37-4)24(28(29)33)30-26(31)17-8-6-7-9-18(17)27(30)32/h6-14,23-24H,1-5H3/t23-,24+/m1/s1. The summed E-state index contributed by atoms with van der Waals surface area (Å²) in [5.74, 6) is 0.533. The third kappa shape index (κ3) is 3.60. The summed E-state index contributed by atoms with van der Waals surface area (Å²) in [4.78, 5) is 43.1. The molecule has 38 heavy (non-hydrogen) atoms. The van der Waals surface area contributed by atoms with Crippen LogP contribution in [0.5, 0.6) is 28.7 Å². The number of anilines is 1. The van der Waals surface area contributed by atoms with Crippen LogP contribution in [0, 0.1) is 0 Å². The Morgan fingerprint density at radius 2 is 1.18 bits per heavy atom. The van der Waals surface area contributed by atoms with Crippen molar-refractivity contribution in [1.29, 1.82) is 0 Å². The molecule has 2 atom stereocenters. The number of ether oxygens (including phenoxy) is 5. The van der Waals surface area contributed by atoms with E-state index >= 15 is 0 Å². The number of fused-ring (bicyclic) bond motifs is 1. The summed E-state index contributed by atoms with van der Waals surface area (Å²) in [7, 11) is 7.47. The lowest BCUT2D eigenvalue weighted by Gasteiger charge is -2.50. The third-order valence-electron chi connectivity index (χ3n) is 6.85. The van der Waals surface area contributed by atoms with Gasteiger partial charge in [-0.3, -0.25) is 24.2 Å². The van der Waals surface area contributed by atoms with Gasteiger partial charge in [0.1, 0.15) is 17.5 Å². The molecule has 3 aromatic carbocycles. The maximum absolute atomic E-state index is 13.8. The summed E-state index contributed by atoms with van der Waals surface area (Å²) in [6, 6.07) is 13.1. The maximum Gasteiger partial charge on any atom is 0.262 e. The van der Waals surface area contributed by atoms with Crippen LogP contribution < -0.4 is 28.6 Å². The zero-order valence-electron chi connectivity index (χ0n) is 21.5. The van der Waals surface area contributed by atoms with Crippen molar-refractivity contribution in [2.45, 2.75) is 12.1 Å². The van der Waals surface area contributed by atoms with Crippen molar-refractivity contribution >= 4 is 23.4 Å². The number of β-lactam (4-membered cyclic amide) rings is 1. The van der Waals surface area contributed by atoms with Gasteiger partial charge in [0, 0.05) is 6.07 Å². The molecule has 0 aliphatic carbocycles. The van der Waals surface area contributed by atoms with E-state index in [1.54, 1.807) is 54.6 Å². The lowest BCUT2D eigenvalue weighted by molar-refractivity contribution is -0.130. The highest BCUT2D eigenvalue weighted by atomic mass is 16.5. The molecule has 0 saturated carbocycles. The summed E-state index contributed by atoms with van der Waals surface area (Å²) >= 11 is 0.